The second-order valence-corrected chi connectivity index (χ2v) is 8.57. The van der Waals surface area contributed by atoms with Crippen molar-refractivity contribution in [1.29, 1.82) is 0 Å². The molecule has 5 rings (SSSR count). The fourth-order valence-corrected chi connectivity index (χ4v) is 5.96. The zero-order valence-electron chi connectivity index (χ0n) is 15.1. The van der Waals surface area contributed by atoms with E-state index in [4.69, 9.17) is 0 Å². The Labute approximate surface area is 146 Å². The number of hydrogen-bond acceptors (Lipinski definition) is 0. The largest absolute Gasteiger partial charge is 0.0850 e. The molecule has 0 saturated heterocycles. The van der Waals surface area contributed by atoms with Gasteiger partial charge in [0.1, 0.15) is 0 Å². The summed E-state index contributed by atoms with van der Waals surface area (Å²) in [6.45, 7) is 4.68. The van der Waals surface area contributed by atoms with E-state index in [0.717, 1.165) is 5.92 Å². The first-order valence-corrected chi connectivity index (χ1v) is 9.95. The molecular weight excluding hydrogens is 288 g/mol. The van der Waals surface area contributed by atoms with Gasteiger partial charge in [-0.1, -0.05) is 55.8 Å². The molecule has 124 valence electrons. The van der Waals surface area contributed by atoms with Crippen LogP contribution in [0.3, 0.4) is 0 Å². The molecule has 1 saturated carbocycles. The molecule has 3 unspecified atom stereocenters. The molecule has 0 N–H and O–H groups in total. The molecule has 1 spiro atoms. The quantitative estimate of drug-likeness (QED) is 0.543. The highest BCUT2D eigenvalue weighted by Gasteiger charge is 2.49. The zero-order valence-corrected chi connectivity index (χ0v) is 15.1. The molecule has 0 radical (unpaired) electrons. The van der Waals surface area contributed by atoms with Gasteiger partial charge in [0, 0.05) is 5.41 Å². The fourth-order valence-electron chi connectivity index (χ4n) is 5.96. The van der Waals surface area contributed by atoms with E-state index in [1.165, 1.54) is 55.7 Å². The number of fused-ring (bicyclic) bond motifs is 6. The topological polar surface area (TPSA) is 0 Å². The second-order valence-electron chi connectivity index (χ2n) is 8.57. The van der Waals surface area contributed by atoms with Crippen molar-refractivity contribution in [2.45, 2.75) is 70.1 Å². The van der Waals surface area contributed by atoms with Crippen LogP contribution in [-0.2, 0) is 11.8 Å². The molecule has 2 bridgehead atoms. The Bertz CT molecular complexity index is 840. The van der Waals surface area contributed by atoms with Gasteiger partial charge in [-0.2, -0.15) is 0 Å². The molecule has 3 atom stereocenters. The maximum absolute atomic E-state index is 2.59. The Kier molecular flexibility index (Phi) is 3.21. The molecule has 24 heavy (non-hydrogen) atoms. The maximum atomic E-state index is 2.59. The third kappa shape index (κ3) is 1.92. The van der Waals surface area contributed by atoms with Crippen molar-refractivity contribution >= 4 is 10.8 Å². The summed E-state index contributed by atoms with van der Waals surface area (Å²) in [6.07, 6.45) is 11.9. The summed E-state index contributed by atoms with van der Waals surface area (Å²) in [5, 5.41) is 3.00. The van der Waals surface area contributed by atoms with E-state index in [1.807, 2.05) is 0 Å². The molecule has 0 aliphatic heterocycles. The lowest BCUT2D eigenvalue weighted by Crippen LogP contribution is -2.35. The van der Waals surface area contributed by atoms with Crippen molar-refractivity contribution in [1.82, 2.24) is 0 Å². The predicted molar refractivity (Wildman–Crippen MR) is 103 cm³/mol. The van der Waals surface area contributed by atoms with Gasteiger partial charge in [0.25, 0.3) is 0 Å². The summed E-state index contributed by atoms with van der Waals surface area (Å²) in [7, 11) is 0. The van der Waals surface area contributed by atoms with E-state index in [1.54, 1.807) is 22.3 Å². The highest BCUT2D eigenvalue weighted by Crippen LogP contribution is 2.59. The Morgan fingerprint density at radius 2 is 2.17 bits per heavy atom. The molecular formula is C24H28. The van der Waals surface area contributed by atoms with Gasteiger partial charge in [-0.05, 0) is 84.2 Å². The molecule has 0 amide bonds. The summed E-state index contributed by atoms with van der Waals surface area (Å²) in [5.74, 6) is 1.54. The standard InChI is InChI=1S/C24H28/c1-3-16(2)21-8-4-6-18-14-23-19(13-22(18)21)7-5-11-24(23)15-17-9-10-20(24)12-17/h4,6,8-9,13-14,16,20H,3,5,7,10-12,15H2,1-2H3. The number of hydrogen-bond donors (Lipinski definition) is 0. The molecule has 0 aromatic heterocycles. The SMILES string of the molecule is CCC(C)c1cccc2cc3c(cc12)CCCC31CC2=CCC1C2. The summed E-state index contributed by atoms with van der Waals surface area (Å²) >= 11 is 0. The molecule has 1 fully saturated rings. The lowest BCUT2D eigenvalue weighted by atomic mass is 9.62. The number of benzene rings is 2. The van der Waals surface area contributed by atoms with E-state index in [-0.39, 0.29) is 0 Å². The van der Waals surface area contributed by atoms with Gasteiger partial charge < -0.3 is 0 Å². The second kappa shape index (κ2) is 5.22. The fraction of sp³-hybridized carbons (Fsp3) is 0.500. The molecule has 0 nitrogen and oxygen atoms in total. The lowest BCUT2D eigenvalue weighted by Gasteiger charge is -2.42. The number of rotatable bonds is 2. The van der Waals surface area contributed by atoms with Gasteiger partial charge in [-0.15, -0.1) is 0 Å². The van der Waals surface area contributed by atoms with E-state index in [9.17, 15) is 0 Å². The Morgan fingerprint density at radius 1 is 1.25 bits per heavy atom. The third-order valence-electron chi connectivity index (χ3n) is 7.41. The van der Waals surface area contributed by atoms with E-state index in [0.29, 0.717) is 11.3 Å². The van der Waals surface area contributed by atoms with Crippen LogP contribution in [0.4, 0.5) is 0 Å². The van der Waals surface area contributed by atoms with E-state index >= 15 is 0 Å². The zero-order chi connectivity index (χ0) is 16.3. The first-order valence-electron chi connectivity index (χ1n) is 9.95. The van der Waals surface area contributed by atoms with Gasteiger partial charge in [0.15, 0.2) is 0 Å². The van der Waals surface area contributed by atoms with Crippen LogP contribution in [0.25, 0.3) is 10.8 Å². The minimum atomic E-state index is 0.484. The van der Waals surface area contributed by atoms with Gasteiger partial charge in [-0.25, -0.2) is 0 Å². The first kappa shape index (κ1) is 14.8. The average molecular weight is 316 g/mol. The average Bonchev–Trinajstić information content (AvgIpc) is 3.21. The van der Waals surface area contributed by atoms with Crippen molar-refractivity contribution in [3.8, 4) is 0 Å². The molecule has 0 heteroatoms. The molecule has 2 aromatic rings. The normalized spacial score (nSPS) is 29.1. The van der Waals surface area contributed by atoms with Gasteiger partial charge in [-0.3, -0.25) is 0 Å². The Hall–Kier alpha value is -1.56. The smallest absolute Gasteiger partial charge is 0.00274 e. The summed E-state index contributed by atoms with van der Waals surface area (Å²) in [6, 6.07) is 12.1. The van der Waals surface area contributed by atoms with Gasteiger partial charge in [0.05, 0.1) is 0 Å². The highest BCUT2D eigenvalue weighted by atomic mass is 14.5. The van der Waals surface area contributed by atoms with Crippen molar-refractivity contribution in [3.63, 3.8) is 0 Å². The van der Waals surface area contributed by atoms with Crippen molar-refractivity contribution in [2.75, 3.05) is 0 Å². The Morgan fingerprint density at radius 3 is 2.92 bits per heavy atom. The van der Waals surface area contributed by atoms with Crippen LogP contribution in [0, 0.1) is 5.92 Å². The van der Waals surface area contributed by atoms with Gasteiger partial charge >= 0.3 is 0 Å². The number of aryl methyl sites for hydroxylation is 1. The molecule has 2 aromatic carbocycles. The minimum Gasteiger partial charge on any atom is -0.0850 e. The van der Waals surface area contributed by atoms with Crippen molar-refractivity contribution < 1.29 is 0 Å². The van der Waals surface area contributed by atoms with Crippen LogP contribution < -0.4 is 0 Å². The van der Waals surface area contributed by atoms with Crippen LogP contribution in [0.5, 0.6) is 0 Å². The summed E-state index contributed by atoms with van der Waals surface area (Å²) in [5.41, 5.74) is 7.17. The third-order valence-corrected chi connectivity index (χ3v) is 7.41. The summed E-state index contributed by atoms with van der Waals surface area (Å²) in [4.78, 5) is 0. The van der Waals surface area contributed by atoms with Crippen molar-refractivity contribution in [3.05, 3.63) is 58.7 Å². The van der Waals surface area contributed by atoms with E-state index < -0.39 is 0 Å². The van der Waals surface area contributed by atoms with Gasteiger partial charge in [0.2, 0.25) is 0 Å². The minimum absolute atomic E-state index is 0.484. The van der Waals surface area contributed by atoms with Crippen LogP contribution in [0.15, 0.2) is 42.0 Å². The summed E-state index contributed by atoms with van der Waals surface area (Å²) < 4.78 is 0. The highest BCUT2D eigenvalue weighted by molar-refractivity contribution is 5.88. The Balaban J connectivity index is 1.71. The number of allylic oxidation sites excluding steroid dienone is 2. The molecule has 3 aliphatic carbocycles. The van der Waals surface area contributed by atoms with Crippen LogP contribution in [0.2, 0.25) is 0 Å². The predicted octanol–water partition coefficient (Wildman–Crippen LogP) is 6.67. The van der Waals surface area contributed by atoms with E-state index in [2.05, 4.69) is 50.3 Å². The van der Waals surface area contributed by atoms with Crippen molar-refractivity contribution in [2.24, 2.45) is 5.92 Å². The molecule has 0 heterocycles. The van der Waals surface area contributed by atoms with Crippen LogP contribution in [-0.4, -0.2) is 0 Å². The maximum Gasteiger partial charge on any atom is 0.00274 e. The lowest BCUT2D eigenvalue weighted by molar-refractivity contribution is 0.270. The first-order chi connectivity index (χ1) is 11.7. The van der Waals surface area contributed by atoms with Crippen LogP contribution >= 0.6 is 0 Å². The monoisotopic (exact) mass is 316 g/mol. The molecule has 3 aliphatic rings. The van der Waals surface area contributed by atoms with Crippen LogP contribution in [0.1, 0.15) is 75.0 Å².